The molecule has 0 unspecified atom stereocenters. The fourth-order valence-corrected chi connectivity index (χ4v) is 1.59. The van der Waals surface area contributed by atoms with Gasteiger partial charge >= 0.3 is 11.9 Å². The lowest BCUT2D eigenvalue weighted by molar-refractivity contribution is -0.147. The third-order valence-corrected chi connectivity index (χ3v) is 2.42. The third kappa shape index (κ3) is 2.74. The van der Waals surface area contributed by atoms with Gasteiger partial charge in [0.05, 0.1) is 0 Å². The van der Waals surface area contributed by atoms with Crippen molar-refractivity contribution in [2.45, 2.75) is 0 Å². The molecular weight excluding hydrogens is 230 g/mol. The molecule has 1 amide bonds. The molecule has 2 aromatic rings. The van der Waals surface area contributed by atoms with Gasteiger partial charge in [0.15, 0.2) is 0 Å². The van der Waals surface area contributed by atoms with E-state index >= 15 is 0 Å². The molecule has 0 aliphatic heterocycles. The van der Waals surface area contributed by atoms with Crippen molar-refractivity contribution in [2.75, 3.05) is 5.32 Å². The number of aliphatic carboxylic acids is 1. The molecule has 0 saturated heterocycles. The fourth-order valence-electron chi connectivity index (χ4n) is 1.59. The number of carbonyl (C=O) groups is 2. The second kappa shape index (κ2) is 5.14. The second-order valence-electron chi connectivity index (χ2n) is 3.71. The standard InChI is InChI=1S/C14H11NO3/c16-13(14(17)18)15-12-8-4-7-11(9-12)10-5-2-1-3-6-10/h1-9H,(H,15,16)(H,17,18). The molecular formula is C14H11NO3. The van der Waals surface area contributed by atoms with Crippen LogP contribution in [0.1, 0.15) is 0 Å². The lowest BCUT2D eigenvalue weighted by atomic mass is 10.1. The highest BCUT2D eigenvalue weighted by Crippen LogP contribution is 2.22. The van der Waals surface area contributed by atoms with Gasteiger partial charge in [0.1, 0.15) is 0 Å². The number of benzene rings is 2. The number of amides is 1. The van der Waals surface area contributed by atoms with Crippen LogP contribution in [0.5, 0.6) is 0 Å². The Balaban J connectivity index is 2.26. The summed E-state index contributed by atoms with van der Waals surface area (Å²) < 4.78 is 0. The van der Waals surface area contributed by atoms with Crippen molar-refractivity contribution < 1.29 is 14.7 Å². The normalized spacial score (nSPS) is 9.78. The number of carbonyl (C=O) groups excluding carboxylic acids is 1. The second-order valence-corrected chi connectivity index (χ2v) is 3.71. The van der Waals surface area contributed by atoms with Crippen LogP contribution in [0.15, 0.2) is 54.6 Å². The molecule has 0 aliphatic rings. The van der Waals surface area contributed by atoms with Crippen LogP contribution in [0.25, 0.3) is 11.1 Å². The topological polar surface area (TPSA) is 66.4 Å². The SMILES string of the molecule is O=C(O)C(=O)Nc1cccc(-c2ccccc2)c1. The Morgan fingerprint density at radius 2 is 1.56 bits per heavy atom. The van der Waals surface area contributed by atoms with E-state index in [0.717, 1.165) is 11.1 Å². The van der Waals surface area contributed by atoms with Crippen LogP contribution in [0.4, 0.5) is 5.69 Å². The Morgan fingerprint density at radius 3 is 2.22 bits per heavy atom. The minimum absolute atomic E-state index is 0.462. The van der Waals surface area contributed by atoms with Crippen molar-refractivity contribution in [3.63, 3.8) is 0 Å². The summed E-state index contributed by atoms with van der Waals surface area (Å²) in [6, 6.07) is 16.7. The van der Waals surface area contributed by atoms with Crippen molar-refractivity contribution in [3.05, 3.63) is 54.6 Å². The number of hydrogen-bond donors (Lipinski definition) is 2. The highest BCUT2D eigenvalue weighted by molar-refractivity contribution is 6.36. The maximum absolute atomic E-state index is 11.0. The first-order valence-corrected chi connectivity index (χ1v) is 5.36. The fraction of sp³-hybridized carbons (Fsp3) is 0. The molecule has 0 aromatic heterocycles. The summed E-state index contributed by atoms with van der Waals surface area (Å²) in [5.74, 6) is -2.54. The lowest BCUT2D eigenvalue weighted by Crippen LogP contribution is -2.21. The average molecular weight is 241 g/mol. The third-order valence-electron chi connectivity index (χ3n) is 2.42. The molecule has 2 aromatic carbocycles. The summed E-state index contributed by atoms with van der Waals surface area (Å²) in [6.45, 7) is 0. The van der Waals surface area contributed by atoms with E-state index in [1.165, 1.54) is 0 Å². The molecule has 0 aliphatic carbocycles. The van der Waals surface area contributed by atoms with Crippen LogP contribution in [0.3, 0.4) is 0 Å². The number of nitrogens with one attached hydrogen (secondary N) is 1. The summed E-state index contributed by atoms with van der Waals surface area (Å²) in [4.78, 5) is 21.5. The summed E-state index contributed by atoms with van der Waals surface area (Å²) in [5.41, 5.74) is 2.38. The highest BCUT2D eigenvalue weighted by atomic mass is 16.4. The molecule has 0 radical (unpaired) electrons. The van der Waals surface area contributed by atoms with E-state index in [4.69, 9.17) is 5.11 Å². The van der Waals surface area contributed by atoms with Crippen LogP contribution in [-0.2, 0) is 9.59 Å². The van der Waals surface area contributed by atoms with Crippen molar-refractivity contribution >= 4 is 17.6 Å². The average Bonchev–Trinajstić information content (AvgIpc) is 2.40. The molecule has 18 heavy (non-hydrogen) atoms. The van der Waals surface area contributed by atoms with E-state index in [-0.39, 0.29) is 0 Å². The largest absolute Gasteiger partial charge is 0.474 e. The Kier molecular flexibility index (Phi) is 3.38. The predicted molar refractivity (Wildman–Crippen MR) is 68.1 cm³/mol. The van der Waals surface area contributed by atoms with E-state index in [2.05, 4.69) is 5.32 Å². The number of anilines is 1. The van der Waals surface area contributed by atoms with Crippen LogP contribution >= 0.6 is 0 Å². The number of carboxylic acids is 1. The van der Waals surface area contributed by atoms with Gasteiger partial charge in [0.2, 0.25) is 0 Å². The van der Waals surface area contributed by atoms with E-state index < -0.39 is 11.9 Å². The van der Waals surface area contributed by atoms with Crippen LogP contribution in [-0.4, -0.2) is 17.0 Å². The quantitative estimate of drug-likeness (QED) is 0.793. The number of carboxylic acid groups (broad SMARTS) is 1. The maximum atomic E-state index is 11.0. The van der Waals surface area contributed by atoms with Gasteiger partial charge in [0, 0.05) is 5.69 Å². The molecule has 0 heterocycles. The Hall–Kier alpha value is -2.62. The van der Waals surface area contributed by atoms with E-state index in [9.17, 15) is 9.59 Å². The zero-order valence-electron chi connectivity index (χ0n) is 9.46. The van der Waals surface area contributed by atoms with E-state index in [0.29, 0.717) is 5.69 Å². The first-order chi connectivity index (χ1) is 8.66. The molecule has 0 bridgehead atoms. The minimum atomic E-state index is -1.50. The lowest BCUT2D eigenvalue weighted by Gasteiger charge is -2.05. The first-order valence-electron chi connectivity index (χ1n) is 5.36. The van der Waals surface area contributed by atoms with Crippen molar-refractivity contribution in [3.8, 4) is 11.1 Å². The van der Waals surface area contributed by atoms with Crippen molar-refractivity contribution in [1.82, 2.24) is 0 Å². The van der Waals surface area contributed by atoms with E-state index in [1.807, 2.05) is 36.4 Å². The van der Waals surface area contributed by atoms with Crippen LogP contribution in [0.2, 0.25) is 0 Å². The summed E-state index contributed by atoms with van der Waals surface area (Å²) in [6.07, 6.45) is 0. The molecule has 0 atom stereocenters. The van der Waals surface area contributed by atoms with Crippen molar-refractivity contribution in [1.29, 1.82) is 0 Å². The first kappa shape index (κ1) is 11.9. The molecule has 0 saturated carbocycles. The van der Waals surface area contributed by atoms with Gasteiger partial charge in [-0.05, 0) is 23.3 Å². The van der Waals surface area contributed by atoms with Gasteiger partial charge in [-0.2, -0.15) is 0 Å². The monoisotopic (exact) mass is 241 g/mol. The summed E-state index contributed by atoms with van der Waals surface area (Å²) >= 11 is 0. The summed E-state index contributed by atoms with van der Waals surface area (Å²) in [5, 5.41) is 10.8. The molecule has 4 heteroatoms. The molecule has 0 fully saturated rings. The summed E-state index contributed by atoms with van der Waals surface area (Å²) in [7, 11) is 0. The molecule has 90 valence electrons. The Bertz CT molecular complexity index is 579. The van der Waals surface area contributed by atoms with Gasteiger partial charge < -0.3 is 10.4 Å². The number of rotatable bonds is 2. The van der Waals surface area contributed by atoms with Gasteiger partial charge in [0.25, 0.3) is 0 Å². The Labute approximate surface area is 104 Å². The van der Waals surface area contributed by atoms with Crippen molar-refractivity contribution in [2.24, 2.45) is 0 Å². The molecule has 0 spiro atoms. The van der Waals surface area contributed by atoms with Gasteiger partial charge in [-0.25, -0.2) is 4.79 Å². The number of hydrogen-bond acceptors (Lipinski definition) is 2. The molecule has 2 N–H and O–H groups in total. The smallest absolute Gasteiger partial charge is 0.394 e. The zero-order valence-corrected chi connectivity index (χ0v) is 9.46. The molecule has 4 nitrogen and oxygen atoms in total. The Morgan fingerprint density at radius 1 is 0.889 bits per heavy atom. The minimum Gasteiger partial charge on any atom is -0.474 e. The van der Waals surface area contributed by atoms with Gasteiger partial charge in [-0.3, -0.25) is 4.79 Å². The van der Waals surface area contributed by atoms with Crippen LogP contribution < -0.4 is 5.32 Å². The maximum Gasteiger partial charge on any atom is 0.394 e. The van der Waals surface area contributed by atoms with Crippen LogP contribution in [0, 0.1) is 0 Å². The van der Waals surface area contributed by atoms with Gasteiger partial charge in [-0.1, -0.05) is 42.5 Å². The zero-order chi connectivity index (χ0) is 13.0. The van der Waals surface area contributed by atoms with E-state index in [1.54, 1.807) is 18.2 Å². The molecule has 2 rings (SSSR count). The van der Waals surface area contributed by atoms with Gasteiger partial charge in [-0.15, -0.1) is 0 Å². The highest BCUT2D eigenvalue weighted by Gasteiger charge is 2.11. The predicted octanol–water partition coefficient (Wildman–Crippen LogP) is 2.38.